The van der Waals surface area contributed by atoms with Crippen molar-refractivity contribution in [1.82, 2.24) is 35.9 Å². The molecule has 1 unspecified atom stereocenters. The van der Waals surface area contributed by atoms with Crippen LogP contribution in [0.3, 0.4) is 0 Å². The number of para-hydroxylation sites is 1. The number of aryl methyl sites for hydroxylation is 2. The second-order valence-electron chi connectivity index (χ2n) is 21.5. The van der Waals surface area contributed by atoms with E-state index >= 15 is 0 Å². The third-order valence-corrected chi connectivity index (χ3v) is 15.9. The van der Waals surface area contributed by atoms with Gasteiger partial charge in [-0.2, -0.15) is 0 Å². The van der Waals surface area contributed by atoms with E-state index in [1.807, 2.05) is 75.4 Å². The number of nitrogens with zero attached hydrogens (tertiary/aromatic N) is 4. The van der Waals surface area contributed by atoms with Crippen LogP contribution < -0.4 is 26.3 Å². The van der Waals surface area contributed by atoms with Gasteiger partial charge in [-0.1, -0.05) is 66.6 Å². The van der Waals surface area contributed by atoms with Gasteiger partial charge in [0.25, 0.3) is 0 Å². The highest BCUT2D eigenvalue weighted by Gasteiger charge is 2.64. The van der Waals surface area contributed by atoms with Crippen LogP contribution in [0.15, 0.2) is 66.3 Å². The minimum Gasteiger partial charge on any atom is -0.481 e. The van der Waals surface area contributed by atoms with Gasteiger partial charge < -0.3 is 63.6 Å². The lowest BCUT2D eigenvalue weighted by atomic mass is 9.83. The summed E-state index contributed by atoms with van der Waals surface area (Å²) in [5.41, 5.74) is 4.88. The zero-order valence-electron chi connectivity index (χ0n) is 48.6. The van der Waals surface area contributed by atoms with Gasteiger partial charge in [0.1, 0.15) is 36.0 Å². The summed E-state index contributed by atoms with van der Waals surface area (Å²) >= 11 is 6.83. The summed E-state index contributed by atoms with van der Waals surface area (Å²) < 4.78 is 37.1. The first kappa shape index (κ1) is 64.7. The fraction of sp³-hybridized carbons (Fsp3) is 0.569. The number of methoxy groups -OCH3 is 1. The van der Waals surface area contributed by atoms with Gasteiger partial charge in [0.15, 0.2) is 5.72 Å². The van der Waals surface area contributed by atoms with E-state index in [1.54, 1.807) is 33.0 Å². The number of halogens is 1. The van der Waals surface area contributed by atoms with Crippen molar-refractivity contribution in [3.63, 3.8) is 0 Å². The molecule has 2 saturated heterocycles. The highest BCUT2D eigenvalue weighted by atomic mass is 35.5. The predicted octanol–water partition coefficient (Wildman–Crippen LogP) is 4.31. The van der Waals surface area contributed by atoms with Crippen molar-refractivity contribution in [1.29, 1.82) is 0 Å². The minimum absolute atomic E-state index is 0.0172. The highest BCUT2D eigenvalue weighted by molar-refractivity contribution is 6.34. The Morgan fingerprint density at radius 1 is 1.01 bits per heavy atom. The van der Waals surface area contributed by atoms with Gasteiger partial charge in [0.2, 0.25) is 23.6 Å². The Morgan fingerprint density at radius 2 is 1.73 bits per heavy atom. The number of esters is 1. The third kappa shape index (κ3) is 16.9. The van der Waals surface area contributed by atoms with Crippen LogP contribution in [-0.4, -0.2) is 182 Å². The van der Waals surface area contributed by atoms with Gasteiger partial charge in [-0.05, 0) is 82.3 Å². The standard InChI is InChI=1S/C58H81ClN8O15/c1-35-14-13-17-46(77-10)58(76)33-45(80-56(75)63-58)37(3)53-57(5,82-53)47(32-50(70)66(9)44-30-39(28-35)29-36(2)52(44)59)81-55(74)38(4)65(8)49(69)21-24-78-26-27-79-25-22-61-54(73)42(18-19-51(71)72)62-48(68)20-23-67-41(34-64(7)60-6)31-40-15-11-12-16-43(40)67/h11-17,29-31,37-38,42,45-47,53,60,76H,18-28,32-34H2,1-10H3,(H,61,73)(H,62,68)(H,63,75)(H,71,72)/b17-13+,35-14+/t37-,38+,42+,45+,46-,47+,53?,57+,58-/m1/s1. The topological polar surface area (TPSA) is 281 Å². The lowest BCUT2D eigenvalue weighted by Gasteiger charge is -2.42. The van der Waals surface area contributed by atoms with E-state index in [0.717, 1.165) is 33.3 Å². The molecule has 0 spiro atoms. The number of aliphatic hydroxyl groups is 1. The van der Waals surface area contributed by atoms with E-state index in [-0.39, 0.29) is 71.5 Å². The number of nitrogens with one attached hydrogen (secondary N) is 4. The number of anilines is 1. The third-order valence-electron chi connectivity index (χ3n) is 15.4. The first-order valence-electron chi connectivity index (χ1n) is 27.6. The molecular formula is C58H81ClN8O15. The average Bonchev–Trinajstić information content (AvgIpc) is 4.23. The number of ether oxygens (including phenoxy) is 6. The van der Waals surface area contributed by atoms with E-state index < -0.39 is 95.4 Å². The smallest absolute Gasteiger partial charge is 0.409 e. The van der Waals surface area contributed by atoms with Crippen LogP contribution in [0.25, 0.3) is 10.9 Å². The summed E-state index contributed by atoms with van der Waals surface area (Å²) in [5, 5.41) is 32.4. The van der Waals surface area contributed by atoms with Crippen LogP contribution in [0.2, 0.25) is 5.02 Å². The van der Waals surface area contributed by atoms with Crippen molar-refractivity contribution in [2.24, 2.45) is 5.92 Å². The molecule has 4 heterocycles. The number of carboxylic acid groups (broad SMARTS) is 1. The molecule has 2 fully saturated rings. The van der Waals surface area contributed by atoms with E-state index in [1.165, 1.54) is 30.9 Å². The molecule has 3 aliphatic heterocycles. The summed E-state index contributed by atoms with van der Waals surface area (Å²) in [6.07, 6.45) is 0.152. The molecule has 0 radical (unpaired) electrons. The molecule has 1 aromatic heterocycles. The normalized spacial score (nSPS) is 24.7. The molecule has 82 heavy (non-hydrogen) atoms. The fourth-order valence-electron chi connectivity index (χ4n) is 10.3. The largest absolute Gasteiger partial charge is 0.481 e. The molecule has 0 aliphatic carbocycles. The number of epoxide rings is 1. The number of hydrogen-bond acceptors (Lipinski definition) is 16. The number of carbonyl (C=O) groups excluding carboxylic acids is 6. The Labute approximate surface area is 483 Å². The lowest BCUT2D eigenvalue weighted by Crippen LogP contribution is -2.63. The maximum atomic E-state index is 14.3. The first-order valence-corrected chi connectivity index (χ1v) is 27.9. The Bertz CT molecular complexity index is 2840. The molecule has 2 aromatic carbocycles. The van der Waals surface area contributed by atoms with Gasteiger partial charge in [0, 0.05) is 77.7 Å². The number of alkyl carbamates (subject to hydrolysis) is 1. The van der Waals surface area contributed by atoms with Crippen LogP contribution >= 0.6 is 11.6 Å². The average molecular weight is 1170 g/mol. The number of benzene rings is 2. The summed E-state index contributed by atoms with van der Waals surface area (Å²) in [6, 6.07) is 11.5. The molecule has 9 atom stereocenters. The van der Waals surface area contributed by atoms with E-state index in [2.05, 4.69) is 32.0 Å². The van der Waals surface area contributed by atoms with Crippen LogP contribution in [0.5, 0.6) is 0 Å². The SMILES string of the molecule is CNN(C)Cc1cc2ccccc2n1CCC(=O)N[C@@H](CCC(=O)O)C(=O)NCCOCCOCCC(=O)N(C)[C@@H](C)C(=O)O[C@H]1CC(=O)N(C)c2cc(cc(C)c2Cl)C/C(C)=C/C=C/[C@@H](OC)[C@]2(O)C[C@H](OC(=O)N2)[C@@H](C)C2O[C@]21C. The molecular weight excluding hydrogens is 1080 g/mol. The van der Waals surface area contributed by atoms with Crippen LogP contribution in [-0.2, 0) is 76.7 Å². The Hall–Kier alpha value is -6.44. The Balaban J connectivity index is 0.993. The Morgan fingerprint density at radius 3 is 2.44 bits per heavy atom. The van der Waals surface area contributed by atoms with Crippen LogP contribution in [0, 0.1) is 12.8 Å². The van der Waals surface area contributed by atoms with Crippen LogP contribution in [0.1, 0.15) is 83.0 Å². The zero-order valence-corrected chi connectivity index (χ0v) is 49.3. The maximum absolute atomic E-state index is 14.3. The molecule has 450 valence electrons. The number of hydrazine groups is 1. The van der Waals surface area contributed by atoms with Crippen molar-refractivity contribution in [2.45, 2.75) is 140 Å². The summed E-state index contributed by atoms with van der Waals surface area (Å²) in [6.45, 7) is 9.98. The molecule has 5 amide bonds. The molecule has 6 rings (SSSR count). The number of fused-ring (bicyclic) bond motifs is 6. The second kappa shape index (κ2) is 29.2. The summed E-state index contributed by atoms with van der Waals surface area (Å²) in [7, 11) is 8.18. The number of carbonyl (C=O) groups is 7. The molecule has 6 N–H and O–H groups in total. The van der Waals surface area contributed by atoms with Gasteiger partial charge >= 0.3 is 18.0 Å². The van der Waals surface area contributed by atoms with Crippen molar-refractivity contribution in [3.05, 3.63) is 88.1 Å². The molecule has 3 aromatic rings. The summed E-state index contributed by atoms with van der Waals surface area (Å²) in [5.74, 6) is -4.34. The van der Waals surface area contributed by atoms with Gasteiger partial charge in [0.05, 0.1) is 62.6 Å². The monoisotopic (exact) mass is 1160 g/mol. The highest BCUT2D eigenvalue weighted by Crippen LogP contribution is 2.49. The minimum atomic E-state index is -1.87. The van der Waals surface area contributed by atoms with Gasteiger partial charge in [-0.15, -0.1) is 0 Å². The van der Waals surface area contributed by atoms with Crippen molar-refractivity contribution < 1.29 is 72.2 Å². The Kier molecular flexibility index (Phi) is 23.0. The number of rotatable bonds is 24. The number of amides is 5. The molecule has 3 aliphatic rings. The number of allylic oxidation sites excluding steroid dienone is 3. The van der Waals surface area contributed by atoms with Gasteiger partial charge in [-0.25, -0.2) is 14.6 Å². The first-order chi connectivity index (χ1) is 38.9. The van der Waals surface area contributed by atoms with Crippen molar-refractivity contribution in [2.75, 3.05) is 73.2 Å². The zero-order chi connectivity index (χ0) is 60.1. The number of hydrogen-bond donors (Lipinski definition) is 6. The number of aromatic nitrogens is 1. The van der Waals surface area contributed by atoms with E-state index in [9.17, 15) is 43.8 Å². The van der Waals surface area contributed by atoms with E-state index in [4.69, 9.17) is 40.0 Å². The maximum Gasteiger partial charge on any atom is 0.409 e. The quantitative estimate of drug-likeness (QED) is 0.0315. The predicted molar refractivity (Wildman–Crippen MR) is 304 cm³/mol. The summed E-state index contributed by atoms with van der Waals surface area (Å²) in [4.78, 5) is 95.2. The van der Waals surface area contributed by atoms with Crippen molar-refractivity contribution >= 4 is 69.9 Å². The second-order valence-corrected chi connectivity index (χ2v) is 21.9. The van der Waals surface area contributed by atoms with Crippen LogP contribution in [0.4, 0.5) is 10.5 Å². The molecule has 23 nitrogen and oxygen atoms in total. The lowest BCUT2D eigenvalue weighted by molar-refractivity contribution is -0.162. The molecule has 4 bridgehead atoms. The fourth-order valence-corrected chi connectivity index (χ4v) is 10.5. The molecule has 0 saturated carbocycles. The van der Waals surface area contributed by atoms with Gasteiger partial charge in [-0.3, -0.25) is 34.7 Å². The molecule has 24 heteroatoms. The number of carboxylic acids is 1. The van der Waals surface area contributed by atoms with E-state index in [0.29, 0.717) is 30.2 Å². The number of aliphatic carboxylic acids is 1. The number of likely N-dealkylation sites (N-methyl/N-ethyl adjacent to an activating group) is 1. The van der Waals surface area contributed by atoms with Crippen molar-refractivity contribution in [3.8, 4) is 0 Å².